The van der Waals surface area contributed by atoms with Gasteiger partial charge in [0.1, 0.15) is 0 Å². The Morgan fingerprint density at radius 2 is 2.21 bits per heavy atom. The summed E-state index contributed by atoms with van der Waals surface area (Å²) in [5, 5.41) is 9.78. The zero-order chi connectivity index (χ0) is 14.2. The molecule has 19 heavy (non-hydrogen) atoms. The van der Waals surface area contributed by atoms with E-state index >= 15 is 0 Å². The maximum atomic E-state index is 12.6. The fraction of sp³-hybridized carbons (Fsp3) is 0.667. The lowest BCUT2D eigenvalue weighted by Crippen LogP contribution is -2.51. The normalized spacial score (nSPS) is 26.8. The van der Waals surface area contributed by atoms with Gasteiger partial charge in [-0.25, -0.2) is 4.79 Å². The summed E-state index contributed by atoms with van der Waals surface area (Å²) < 4.78 is 0. The van der Waals surface area contributed by atoms with Gasteiger partial charge in [-0.3, -0.25) is 0 Å². The summed E-state index contributed by atoms with van der Waals surface area (Å²) in [5.41, 5.74) is 2.21. The minimum absolute atomic E-state index is 0.0454. The first-order valence-electron chi connectivity index (χ1n) is 6.91. The lowest BCUT2D eigenvalue weighted by molar-refractivity contribution is 0.124. The molecule has 0 saturated carbocycles. The van der Waals surface area contributed by atoms with E-state index in [1.54, 1.807) is 0 Å². The average Bonchev–Trinajstić information content (AvgIpc) is 2.61. The number of allylic oxidation sites excluding steroid dienone is 1. The number of carbonyl (C=O) groups excluding carboxylic acids is 1. The quantitative estimate of drug-likeness (QED) is 0.788. The number of β-amino-alcohol motifs (C(OH)–C–C–N with tert-alkyl or cyclic N) is 1. The molecule has 0 radical (unpaired) electrons. The van der Waals surface area contributed by atoms with Crippen LogP contribution in [-0.4, -0.2) is 52.2 Å². The second-order valence-electron chi connectivity index (χ2n) is 6.24. The molecule has 4 heteroatoms. The Morgan fingerprint density at radius 1 is 1.53 bits per heavy atom. The first-order chi connectivity index (χ1) is 8.85. The zero-order valence-electron chi connectivity index (χ0n) is 12.1. The van der Waals surface area contributed by atoms with Crippen LogP contribution < -0.4 is 0 Å². The Hall–Kier alpha value is -1.29. The highest BCUT2D eigenvalue weighted by Gasteiger charge is 2.42. The van der Waals surface area contributed by atoms with Crippen molar-refractivity contribution in [3.05, 3.63) is 23.8 Å². The van der Waals surface area contributed by atoms with Crippen LogP contribution in [0.25, 0.3) is 0 Å². The van der Waals surface area contributed by atoms with Crippen molar-refractivity contribution in [2.45, 2.75) is 45.3 Å². The van der Waals surface area contributed by atoms with Crippen molar-refractivity contribution in [1.82, 2.24) is 9.80 Å². The molecule has 2 heterocycles. The number of urea groups is 1. The summed E-state index contributed by atoms with van der Waals surface area (Å²) >= 11 is 0. The summed E-state index contributed by atoms with van der Waals surface area (Å²) in [6.45, 7) is 11.7. The first-order valence-corrected chi connectivity index (χ1v) is 6.91. The van der Waals surface area contributed by atoms with Crippen LogP contribution in [0.15, 0.2) is 23.8 Å². The third-order valence-electron chi connectivity index (χ3n) is 4.23. The van der Waals surface area contributed by atoms with Gasteiger partial charge in [0.2, 0.25) is 0 Å². The van der Waals surface area contributed by atoms with Crippen molar-refractivity contribution in [2.24, 2.45) is 0 Å². The van der Waals surface area contributed by atoms with Crippen LogP contribution in [0.4, 0.5) is 4.79 Å². The van der Waals surface area contributed by atoms with E-state index < -0.39 is 6.10 Å². The molecule has 0 spiro atoms. The van der Waals surface area contributed by atoms with E-state index in [-0.39, 0.29) is 11.6 Å². The molecule has 2 aliphatic rings. The molecule has 1 N–H and O–H groups in total. The van der Waals surface area contributed by atoms with E-state index in [4.69, 9.17) is 0 Å². The van der Waals surface area contributed by atoms with E-state index in [0.29, 0.717) is 19.5 Å². The van der Waals surface area contributed by atoms with Gasteiger partial charge >= 0.3 is 6.03 Å². The molecule has 1 fully saturated rings. The predicted molar refractivity (Wildman–Crippen MR) is 75.9 cm³/mol. The van der Waals surface area contributed by atoms with Gasteiger partial charge in [0.25, 0.3) is 0 Å². The molecule has 2 rings (SSSR count). The van der Waals surface area contributed by atoms with Crippen molar-refractivity contribution in [3.63, 3.8) is 0 Å². The number of aliphatic hydroxyl groups is 1. The summed E-state index contributed by atoms with van der Waals surface area (Å²) in [6, 6.07) is 0.0454. The minimum atomic E-state index is -0.399. The molecule has 106 valence electrons. The lowest BCUT2D eigenvalue weighted by Gasteiger charge is -2.38. The van der Waals surface area contributed by atoms with Gasteiger partial charge in [0.05, 0.1) is 6.10 Å². The van der Waals surface area contributed by atoms with Gasteiger partial charge < -0.3 is 14.9 Å². The fourth-order valence-corrected chi connectivity index (χ4v) is 3.09. The molecular formula is C15H24N2O2. The third-order valence-corrected chi connectivity index (χ3v) is 4.23. The molecule has 2 aliphatic heterocycles. The second-order valence-corrected chi connectivity index (χ2v) is 6.24. The molecule has 0 aliphatic carbocycles. The number of hydrogen-bond acceptors (Lipinski definition) is 2. The molecule has 2 amide bonds. The SMILES string of the molecule is C=CC1=C(C)CN(C(=O)N2CC(O)CC2(C)C)CC1. The second kappa shape index (κ2) is 5.00. The summed E-state index contributed by atoms with van der Waals surface area (Å²) in [6.07, 6.45) is 3.02. The molecule has 1 unspecified atom stereocenters. The first kappa shape index (κ1) is 14.1. The van der Waals surface area contributed by atoms with E-state index in [9.17, 15) is 9.90 Å². The van der Waals surface area contributed by atoms with Gasteiger partial charge in [0, 0.05) is 25.2 Å². The Balaban J connectivity index is 2.10. The van der Waals surface area contributed by atoms with Crippen LogP contribution in [0.2, 0.25) is 0 Å². The number of carbonyl (C=O) groups is 1. The van der Waals surface area contributed by atoms with Crippen LogP contribution in [0, 0.1) is 0 Å². The van der Waals surface area contributed by atoms with Crippen LogP contribution in [0.3, 0.4) is 0 Å². The number of likely N-dealkylation sites (tertiary alicyclic amines) is 1. The van der Waals surface area contributed by atoms with E-state index in [1.807, 2.05) is 29.7 Å². The highest BCUT2D eigenvalue weighted by Crippen LogP contribution is 2.30. The van der Waals surface area contributed by atoms with E-state index in [1.165, 1.54) is 11.1 Å². The average molecular weight is 264 g/mol. The van der Waals surface area contributed by atoms with Crippen LogP contribution in [0.1, 0.15) is 33.6 Å². The molecule has 0 aromatic rings. The van der Waals surface area contributed by atoms with Gasteiger partial charge in [-0.1, -0.05) is 18.2 Å². The maximum absolute atomic E-state index is 12.6. The summed E-state index contributed by atoms with van der Waals surface area (Å²) in [4.78, 5) is 16.3. The standard InChI is InChI=1S/C15H24N2O2/c1-5-12-6-7-16(9-11(12)2)14(19)17-10-13(18)8-15(17,3)4/h5,13,18H,1,6-10H2,2-4H3. The van der Waals surface area contributed by atoms with Gasteiger partial charge in [-0.15, -0.1) is 0 Å². The fourth-order valence-electron chi connectivity index (χ4n) is 3.09. The number of amides is 2. The molecule has 1 atom stereocenters. The topological polar surface area (TPSA) is 43.8 Å². The Bertz CT molecular complexity index is 426. The lowest BCUT2D eigenvalue weighted by atomic mass is 10.0. The smallest absolute Gasteiger partial charge is 0.320 e. The van der Waals surface area contributed by atoms with Gasteiger partial charge in [0.15, 0.2) is 0 Å². The molecule has 0 bridgehead atoms. The zero-order valence-corrected chi connectivity index (χ0v) is 12.1. The molecule has 0 aromatic heterocycles. The molecule has 4 nitrogen and oxygen atoms in total. The number of aliphatic hydroxyl groups excluding tert-OH is 1. The monoisotopic (exact) mass is 264 g/mol. The highest BCUT2D eigenvalue weighted by atomic mass is 16.3. The van der Waals surface area contributed by atoms with Gasteiger partial charge in [-0.05, 0) is 39.2 Å². The Labute approximate surface area is 115 Å². The largest absolute Gasteiger partial charge is 0.391 e. The van der Waals surface area contributed by atoms with Crippen LogP contribution in [-0.2, 0) is 0 Å². The van der Waals surface area contributed by atoms with Crippen molar-refractivity contribution in [1.29, 1.82) is 0 Å². The highest BCUT2D eigenvalue weighted by molar-refractivity contribution is 5.76. The predicted octanol–water partition coefficient (Wildman–Crippen LogP) is 2.16. The molecule has 1 saturated heterocycles. The third kappa shape index (κ3) is 2.68. The number of nitrogens with zero attached hydrogens (tertiary/aromatic N) is 2. The van der Waals surface area contributed by atoms with E-state index in [2.05, 4.69) is 13.5 Å². The minimum Gasteiger partial charge on any atom is -0.391 e. The number of rotatable bonds is 1. The van der Waals surface area contributed by atoms with Gasteiger partial charge in [-0.2, -0.15) is 0 Å². The van der Waals surface area contributed by atoms with Crippen molar-refractivity contribution in [2.75, 3.05) is 19.6 Å². The summed E-state index contributed by atoms with van der Waals surface area (Å²) in [5.74, 6) is 0. The van der Waals surface area contributed by atoms with Crippen molar-refractivity contribution in [3.8, 4) is 0 Å². The van der Waals surface area contributed by atoms with Crippen molar-refractivity contribution < 1.29 is 9.90 Å². The Kier molecular flexibility index (Phi) is 3.72. The van der Waals surface area contributed by atoms with Crippen LogP contribution >= 0.6 is 0 Å². The number of hydrogen-bond donors (Lipinski definition) is 1. The van der Waals surface area contributed by atoms with E-state index in [0.717, 1.165) is 13.0 Å². The summed E-state index contributed by atoms with van der Waals surface area (Å²) in [7, 11) is 0. The Morgan fingerprint density at radius 3 is 2.68 bits per heavy atom. The van der Waals surface area contributed by atoms with Crippen molar-refractivity contribution >= 4 is 6.03 Å². The maximum Gasteiger partial charge on any atom is 0.320 e. The molecule has 0 aromatic carbocycles. The van der Waals surface area contributed by atoms with Crippen LogP contribution in [0.5, 0.6) is 0 Å². The molecular weight excluding hydrogens is 240 g/mol.